The lowest BCUT2D eigenvalue weighted by Gasteiger charge is -2.27. The summed E-state index contributed by atoms with van der Waals surface area (Å²) in [7, 11) is 0. The van der Waals surface area contributed by atoms with E-state index in [4.69, 9.17) is 0 Å². The number of rotatable bonds is 1. The van der Waals surface area contributed by atoms with Crippen LogP contribution in [-0.2, 0) is 6.18 Å². The largest absolute Gasteiger partial charge is 0.422 e. The van der Waals surface area contributed by atoms with Gasteiger partial charge in [-0.2, -0.15) is 13.2 Å². The summed E-state index contributed by atoms with van der Waals surface area (Å²) in [6.45, 7) is 1.01. The van der Waals surface area contributed by atoms with E-state index < -0.39 is 61.7 Å². The van der Waals surface area contributed by atoms with Crippen molar-refractivity contribution in [3.63, 3.8) is 0 Å². The Morgan fingerprint density at radius 1 is 1.18 bits per heavy atom. The van der Waals surface area contributed by atoms with Crippen LogP contribution in [0.4, 0.5) is 26.3 Å². The molecule has 0 bridgehead atoms. The van der Waals surface area contributed by atoms with Gasteiger partial charge in [-0.3, -0.25) is 4.79 Å². The van der Waals surface area contributed by atoms with Crippen LogP contribution >= 0.6 is 22.6 Å². The van der Waals surface area contributed by atoms with E-state index in [2.05, 4.69) is 0 Å². The summed E-state index contributed by atoms with van der Waals surface area (Å²) in [5, 5.41) is 19.5. The number of carbonyl (C=O) groups is 1. The predicted molar refractivity (Wildman–Crippen MR) is 69.0 cm³/mol. The first-order valence-corrected chi connectivity index (χ1v) is 6.82. The topological polar surface area (TPSA) is 57.5 Å². The molecule has 1 aromatic rings. The molecule has 1 aliphatic rings. The van der Waals surface area contributed by atoms with Crippen LogP contribution in [0.2, 0.25) is 0 Å². The Bertz CT molecular complexity index is 672. The van der Waals surface area contributed by atoms with Crippen molar-refractivity contribution in [1.29, 1.82) is 0 Å². The van der Waals surface area contributed by atoms with E-state index in [9.17, 15) is 41.4 Å². The number of fused-ring (bicyclic) bond motifs is 1. The fourth-order valence-corrected chi connectivity index (χ4v) is 2.93. The average molecular weight is 440 g/mol. The first-order valence-electron chi connectivity index (χ1n) is 5.74. The van der Waals surface area contributed by atoms with Gasteiger partial charge < -0.3 is 10.2 Å². The number of Topliss-reactive ketones (excluding diaryl/α,β-unsaturated/α-hetero) is 1. The number of aliphatic hydroxyl groups is 2. The summed E-state index contributed by atoms with van der Waals surface area (Å²) in [4.78, 5) is 12.1. The highest BCUT2D eigenvalue weighted by Gasteiger charge is 2.59. The smallest absolute Gasteiger partial charge is 0.391 e. The van der Waals surface area contributed by atoms with Crippen molar-refractivity contribution in [2.75, 3.05) is 0 Å². The van der Waals surface area contributed by atoms with E-state index in [-0.39, 0.29) is 0 Å². The SMILES string of the molecule is CC(O)C1(I)C(=O)c2c(F)c(C(F)(F)F)c(F)c(F)c2C1O. The number of ketones is 1. The summed E-state index contributed by atoms with van der Waals surface area (Å²) in [6.07, 6.45) is -9.42. The Hall–Kier alpha value is -0.880. The van der Waals surface area contributed by atoms with E-state index in [1.807, 2.05) is 0 Å². The number of hydrogen-bond acceptors (Lipinski definition) is 3. The lowest BCUT2D eigenvalue weighted by Crippen LogP contribution is -2.43. The highest BCUT2D eigenvalue weighted by molar-refractivity contribution is 14.1. The minimum absolute atomic E-state index is 1.01. The van der Waals surface area contributed by atoms with Gasteiger partial charge in [-0.1, -0.05) is 22.6 Å². The molecule has 3 nitrogen and oxygen atoms in total. The fourth-order valence-electron chi connectivity index (χ4n) is 2.35. The predicted octanol–water partition coefficient (Wildman–Crippen LogP) is 2.91. The molecule has 0 amide bonds. The lowest BCUT2D eigenvalue weighted by atomic mass is 9.97. The minimum Gasteiger partial charge on any atom is -0.391 e. The molecule has 3 atom stereocenters. The van der Waals surface area contributed by atoms with Gasteiger partial charge in [0.05, 0.1) is 11.7 Å². The van der Waals surface area contributed by atoms with E-state index >= 15 is 0 Å². The van der Waals surface area contributed by atoms with Gasteiger partial charge in [-0.15, -0.1) is 0 Å². The van der Waals surface area contributed by atoms with Crippen LogP contribution in [0.5, 0.6) is 0 Å². The van der Waals surface area contributed by atoms with Crippen LogP contribution in [0, 0.1) is 17.5 Å². The molecule has 0 fully saturated rings. The summed E-state index contributed by atoms with van der Waals surface area (Å²) < 4.78 is 77.2. The molecular formula is C12H7F6IO3. The van der Waals surface area contributed by atoms with Crippen LogP contribution in [0.15, 0.2) is 0 Å². The number of hydrogen-bond donors (Lipinski definition) is 2. The van der Waals surface area contributed by atoms with Gasteiger partial charge in [0.2, 0.25) is 0 Å². The second kappa shape index (κ2) is 5.06. The second-order valence-corrected chi connectivity index (χ2v) is 6.56. The maximum atomic E-state index is 14.0. The Morgan fingerprint density at radius 3 is 2.09 bits per heavy atom. The molecule has 2 rings (SSSR count). The minimum atomic E-state index is -5.57. The van der Waals surface area contributed by atoms with Gasteiger partial charge >= 0.3 is 6.18 Å². The lowest BCUT2D eigenvalue weighted by molar-refractivity contribution is -0.142. The molecular weight excluding hydrogens is 433 g/mol. The average Bonchev–Trinajstić information content (AvgIpc) is 2.57. The van der Waals surface area contributed by atoms with Crippen LogP contribution in [0.25, 0.3) is 0 Å². The monoisotopic (exact) mass is 440 g/mol. The third kappa shape index (κ3) is 2.07. The molecule has 0 saturated carbocycles. The molecule has 0 saturated heterocycles. The summed E-state index contributed by atoms with van der Waals surface area (Å²) in [5.41, 5.74) is -5.16. The Kier molecular flexibility index (Phi) is 4.02. The number of aliphatic hydroxyl groups excluding tert-OH is 2. The quantitative estimate of drug-likeness (QED) is 0.306. The van der Waals surface area contributed by atoms with Crippen LogP contribution < -0.4 is 0 Å². The van der Waals surface area contributed by atoms with Crippen molar-refractivity contribution in [3.05, 3.63) is 34.1 Å². The molecule has 0 aromatic heterocycles. The standard InChI is InChI=1S/C12H7F6IO3/c1-2(20)11(19)9(21)3-4(10(11)22)7(14)8(15)5(6(3)13)12(16,17)18/h2,10,20,22H,1H3. The van der Waals surface area contributed by atoms with Crippen molar-refractivity contribution < 1.29 is 41.4 Å². The number of halogens is 7. The van der Waals surface area contributed by atoms with Crippen LogP contribution in [0.1, 0.15) is 34.5 Å². The van der Waals surface area contributed by atoms with Gasteiger partial charge in [0.15, 0.2) is 17.4 Å². The maximum Gasteiger partial charge on any atom is 0.422 e. The second-order valence-electron chi connectivity index (χ2n) is 4.78. The third-order valence-electron chi connectivity index (χ3n) is 3.49. The molecule has 10 heteroatoms. The van der Waals surface area contributed by atoms with Crippen molar-refractivity contribution in [2.24, 2.45) is 0 Å². The summed E-state index contributed by atoms with van der Waals surface area (Å²) in [5.74, 6) is -8.44. The molecule has 3 unspecified atom stereocenters. The van der Waals surface area contributed by atoms with Crippen molar-refractivity contribution in [2.45, 2.75) is 28.7 Å². The molecule has 122 valence electrons. The molecule has 1 aromatic carbocycles. The molecule has 1 aliphatic carbocycles. The zero-order valence-electron chi connectivity index (χ0n) is 10.6. The van der Waals surface area contributed by atoms with E-state index in [0.717, 1.165) is 6.92 Å². The zero-order chi connectivity index (χ0) is 17.2. The van der Waals surface area contributed by atoms with Crippen molar-refractivity contribution >= 4 is 28.4 Å². The van der Waals surface area contributed by atoms with Crippen LogP contribution in [-0.4, -0.2) is 25.5 Å². The molecule has 0 spiro atoms. The van der Waals surface area contributed by atoms with E-state index in [0.29, 0.717) is 0 Å². The molecule has 0 heterocycles. The molecule has 0 aliphatic heterocycles. The van der Waals surface area contributed by atoms with Gasteiger partial charge in [0.1, 0.15) is 20.9 Å². The highest BCUT2D eigenvalue weighted by atomic mass is 127. The number of benzene rings is 1. The normalized spacial score (nSPS) is 26.3. The Balaban J connectivity index is 2.90. The molecule has 22 heavy (non-hydrogen) atoms. The number of carbonyl (C=O) groups excluding carboxylic acids is 1. The highest BCUT2D eigenvalue weighted by Crippen LogP contribution is 2.51. The Morgan fingerprint density at radius 2 is 1.68 bits per heavy atom. The Labute approximate surface area is 133 Å². The van der Waals surface area contributed by atoms with Gasteiger partial charge in [-0.25, -0.2) is 13.2 Å². The molecule has 0 radical (unpaired) electrons. The van der Waals surface area contributed by atoms with Crippen molar-refractivity contribution in [1.82, 2.24) is 0 Å². The van der Waals surface area contributed by atoms with Crippen molar-refractivity contribution in [3.8, 4) is 0 Å². The van der Waals surface area contributed by atoms with E-state index in [1.54, 1.807) is 0 Å². The third-order valence-corrected chi connectivity index (χ3v) is 5.48. The van der Waals surface area contributed by atoms with Gasteiger partial charge in [0, 0.05) is 5.56 Å². The zero-order valence-corrected chi connectivity index (χ0v) is 12.8. The fraction of sp³-hybridized carbons (Fsp3) is 0.417. The van der Waals surface area contributed by atoms with Crippen LogP contribution in [0.3, 0.4) is 0 Å². The summed E-state index contributed by atoms with van der Waals surface area (Å²) >= 11 is 1.19. The summed E-state index contributed by atoms with van der Waals surface area (Å²) in [6, 6.07) is 0. The first kappa shape index (κ1) is 17.5. The maximum absolute atomic E-state index is 14.0. The van der Waals surface area contributed by atoms with Gasteiger partial charge in [0.25, 0.3) is 0 Å². The van der Waals surface area contributed by atoms with Gasteiger partial charge in [-0.05, 0) is 6.92 Å². The first-order chi connectivity index (χ1) is 9.86. The number of alkyl halides is 4. The van der Waals surface area contributed by atoms with E-state index in [1.165, 1.54) is 22.6 Å². The molecule has 2 N–H and O–H groups in total.